The first-order chi connectivity index (χ1) is 10.1. The van der Waals surface area contributed by atoms with Gasteiger partial charge in [-0.05, 0) is 29.3 Å². The highest BCUT2D eigenvalue weighted by molar-refractivity contribution is 6.36. The number of benzene rings is 2. The second-order valence-corrected chi connectivity index (χ2v) is 5.93. The number of fused-ring (bicyclic) bond motifs is 1. The molecule has 0 bridgehead atoms. The lowest BCUT2D eigenvalue weighted by Crippen LogP contribution is -2.29. The fourth-order valence-corrected chi connectivity index (χ4v) is 2.95. The number of hydrogen-bond acceptors (Lipinski definition) is 2. The Kier molecular flexibility index (Phi) is 4.15. The van der Waals surface area contributed by atoms with Gasteiger partial charge in [0.15, 0.2) is 0 Å². The van der Waals surface area contributed by atoms with Gasteiger partial charge in [-0.2, -0.15) is 0 Å². The van der Waals surface area contributed by atoms with E-state index in [-0.39, 0.29) is 5.91 Å². The van der Waals surface area contributed by atoms with Gasteiger partial charge in [0.05, 0.1) is 17.3 Å². The van der Waals surface area contributed by atoms with E-state index in [0.717, 1.165) is 13.1 Å². The highest BCUT2D eigenvalue weighted by Crippen LogP contribution is 2.26. The molecule has 3 rings (SSSR count). The maximum atomic E-state index is 12.1. The maximum Gasteiger partial charge on any atom is 0.238 e. The van der Waals surface area contributed by atoms with Crippen molar-refractivity contribution in [2.45, 2.75) is 13.1 Å². The Morgan fingerprint density at radius 3 is 2.38 bits per heavy atom. The van der Waals surface area contributed by atoms with Crippen LogP contribution in [-0.4, -0.2) is 17.4 Å². The molecule has 0 saturated heterocycles. The third-order valence-electron chi connectivity index (χ3n) is 3.48. The zero-order chi connectivity index (χ0) is 14.8. The summed E-state index contributed by atoms with van der Waals surface area (Å²) >= 11 is 11.9. The van der Waals surface area contributed by atoms with E-state index in [9.17, 15) is 4.79 Å². The van der Waals surface area contributed by atoms with Gasteiger partial charge in [0, 0.05) is 18.1 Å². The summed E-state index contributed by atoms with van der Waals surface area (Å²) in [6.45, 7) is 1.95. The summed E-state index contributed by atoms with van der Waals surface area (Å²) in [6, 6.07) is 13.3. The van der Waals surface area contributed by atoms with E-state index in [1.807, 2.05) is 12.1 Å². The lowest BCUT2D eigenvalue weighted by Gasteiger charge is -2.15. The van der Waals surface area contributed by atoms with Gasteiger partial charge in [0.1, 0.15) is 0 Å². The van der Waals surface area contributed by atoms with Gasteiger partial charge in [-0.1, -0.05) is 47.5 Å². The highest BCUT2D eigenvalue weighted by atomic mass is 35.5. The Labute approximate surface area is 133 Å². The highest BCUT2D eigenvalue weighted by Gasteiger charge is 2.20. The minimum absolute atomic E-state index is 0.0768. The molecule has 21 heavy (non-hydrogen) atoms. The quantitative estimate of drug-likeness (QED) is 0.928. The van der Waals surface area contributed by atoms with E-state index in [0.29, 0.717) is 22.3 Å². The number of halogens is 2. The van der Waals surface area contributed by atoms with Crippen LogP contribution >= 0.6 is 23.2 Å². The first-order valence-electron chi connectivity index (χ1n) is 6.66. The predicted octanol–water partition coefficient (Wildman–Crippen LogP) is 3.95. The molecule has 2 aromatic carbocycles. The lowest BCUT2D eigenvalue weighted by molar-refractivity contribution is -0.117. The molecule has 0 unspecified atom stereocenters. The van der Waals surface area contributed by atoms with Crippen LogP contribution in [0.15, 0.2) is 42.5 Å². The van der Waals surface area contributed by atoms with Crippen LogP contribution in [0.25, 0.3) is 0 Å². The van der Waals surface area contributed by atoms with Crippen molar-refractivity contribution in [3.05, 3.63) is 63.6 Å². The molecule has 0 saturated carbocycles. The summed E-state index contributed by atoms with van der Waals surface area (Å²) in [7, 11) is 0. The Bertz CT molecular complexity index is 663. The van der Waals surface area contributed by atoms with Gasteiger partial charge in [0.25, 0.3) is 0 Å². The van der Waals surface area contributed by atoms with Crippen molar-refractivity contribution in [2.75, 3.05) is 11.9 Å². The second kappa shape index (κ2) is 6.06. The molecule has 3 nitrogen and oxygen atoms in total. The largest absolute Gasteiger partial charge is 0.324 e. The minimum Gasteiger partial charge on any atom is -0.324 e. The number of hydrogen-bond donors (Lipinski definition) is 1. The van der Waals surface area contributed by atoms with Gasteiger partial charge in [-0.25, -0.2) is 0 Å². The molecule has 0 spiro atoms. The molecular formula is C16H14Cl2N2O. The van der Waals surface area contributed by atoms with Crippen molar-refractivity contribution in [3.8, 4) is 0 Å². The average Bonchev–Trinajstić information content (AvgIpc) is 2.84. The summed E-state index contributed by atoms with van der Waals surface area (Å²) in [6.07, 6.45) is 0. The van der Waals surface area contributed by atoms with Crippen LogP contribution in [-0.2, 0) is 17.9 Å². The lowest BCUT2D eigenvalue weighted by atomic mass is 10.1. The van der Waals surface area contributed by atoms with E-state index in [2.05, 4.69) is 22.3 Å². The summed E-state index contributed by atoms with van der Waals surface area (Å²) < 4.78 is 0. The van der Waals surface area contributed by atoms with Crippen LogP contribution in [0, 0.1) is 0 Å². The standard InChI is InChI=1S/C16H14Cl2N2O/c17-13-5-6-15(14(18)7-13)19-16(21)10-20-8-11-3-1-2-4-12(11)9-20/h1-7H,8-10H2,(H,19,21). The molecule has 1 amide bonds. The van der Waals surface area contributed by atoms with Crippen LogP contribution in [0.5, 0.6) is 0 Å². The Morgan fingerprint density at radius 2 is 1.76 bits per heavy atom. The Balaban J connectivity index is 1.61. The van der Waals surface area contributed by atoms with Crippen LogP contribution in [0.4, 0.5) is 5.69 Å². The van der Waals surface area contributed by atoms with Crippen molar-refractivity contribution < 1.29 is 4.79 Å². The van der Waals surface area contributed by atoms with Gasteiger partial charge in [-0.15, -0.1) is 0 Å². The molecule has 0 radical (unpaired) electrons. The van der Waals surface area contributed by atoms with Gasteiger partial charge in [0.2, 0.25) is 5.91 Å². The van der Waals surface area contributed by atoms with Crippen LogP contribution in [0.1, 0.15) is 11.1 Å². The van der Waals surface area contributed by atoms with E-state index < -0.39 is 0 Å². The maximum absolute atomic E-state index is 12.1. The molecule has 1 aliphatic heterocycles. The van der Waals surface area contributed by atoms with Crippen molar-refractivity contribution in [2.24, 2.45) is 0 Å². The van der Waals surface area contributed by atoms with E-state index >= 15 is 0 Å². The van der Waals surface area contributed by atoms with Crippen LogP contribution in [0.2, 0.25) is 10.0 Å². The van der Waals surface area contributed by atoms with Crippen LogP contribution < -0.4 is 5.32 Å². The summed E-state index contributed by atoms with van der Waals surface area (Å²) in [5, 5.41) is 3.81. The monoisotopic (exact) mass is 320 g/mol. The number of nitrogens with zero attached hydrogens (tertiary/aromatic N) is 1. The third-order valence-corrected chi connectivity index (χ3v) is 4.03. The summed E-state index contributed by atoms with van der Waals surface area (Å²) in [5.74, 6) is -0.0768. The topological polar surface area (TPSA) is 32.3 Å². The first-order valence-corrected chi connectivity index (χ1v) is 7.41. The number of carbonyl (C=O) groups is 1. The molecule has 0 aromatic heterocycles. The van der Waals surface area contributed by atoms with Crippen molar-refractivity contribution in [1.29, 1.82) is 0 Å². The molecule has 0 atom stereocenters. The van der Waals surface area contributed by atoms with Crippen LogP contribution in [0.3, 0.4) is 0 Å². The summed E-state index contributed by atoms with van der Waals surface area (Å²) in [5.41, 5.74) is 3.16. The molecule has 0 aliphatic carbocycles. The molecule has 2 aromatic rings. The fourth-order valence-electron chi connectivity index (χ4n) is 2.50. The second-order valence-electron chi connectivity index (χ2n) is 5.09. The van der Waals surface area contributed by atoms with Crippen molar-refractivity contribution in [1.82, 2.24) is 4.90 Å². The first kappa shape index (κ1) is 14.4. The number of carbonyl (C=O) groups excluding carboxylic acids is 1. The van der Waals surface area contributed by atoms with Gasteiger partial charge < -0.3 is 5.32 Å². The molecule has 0 fully saturated rings. The Hall–Kier alpha value is -1.55. The third kappa shape index (κ3) is 3.38. The van der Waals surface area contributed by atoms with Crippen molar-refractivity contribution >= 4 is 34.8 Å². The number of rotatable bonds is 3. The van der Waals surface area contributed by atoms with Gasteiger partial charge in [-0.3, -0.25) is 9.69 Å². The van der Waals surface area contributed by atoms with Crippen molar-refractivity contribution in [3.63, 3.8) is 0 Å². The Morgan fingerprint density at radius 1 is 1.10 bits per heavy atom. The minimum atomic E-state index is -0.0768. The number of anilines is 1. The molecule has 108 valence electrons. The zero-order valence-electron chi connectivity index (χ0n) is 11.3. The zero-order valence-corrected chi connectivity index (χ0v) is 12.8. The predicted molar refractivity (Wildman–Crippen MR) is 85.6 cm³/mol. The average molecular weight is 321 g/mol. The van der Waals surface area contributed by atoms with Gasteiger partial charge >= 0.3 is 0 Å². The normalized spacial score (nSPS) is 14.0. The molecule has 1 N–H and O–H groups in total. The molecular weight excluding hydrogens is 307 g/mol. The van der Waals surface area contributed by atoms with E-state index in [1.165, 1.54) is 11.1 Å². The smallest absolute Gasteiger partial charge is 0.238 e. The molecule has 1 aliphatic rings. The van der Waals surface area contributed by atoms with E-state index in [4.69, 9.17) is 23.2 Å². The fraction of sp³-hybridized carbons (Fsp3) is 0.188. The number of nitrogens with one attached hydrogen (secondary N) is 1. The number of amides is 1. The molecule has 5 heteroatoms. The summed E-state index contributed by atoms with van der Waals surface area (Å²) in [4.78, 5) is 14.2. The molecule has 1 heterocycles. The SMILES string of the molecule is O=C(CN1Cc2ccccc2C1)Nc1ccc(Cl)cc1Cl. The van der Waals surface area contributed by atoms with E-state index in [1.54, 1.807) is 18.2 Å².